The van der Waals surface area contributed by atoms with Crippen molar-refractivity contribution in [2.75, 3.05) is 11.9 Å². The summed E-state index contributed by atoms with van der Waals surface area (Å²) in [6, 6.07) is 1.84. The molecule has 0 aromatic heterocycles. The third-order valence-corrected chi connectivity index (χ3v) is 4.45. The minimum atomic E-state index is -1.17. The van der Waals surface area contributed by atoms with Gasteiger partial charge < -0.3 is 20.5 Å². The molecule has 1 aliphatic rings. The number of carboxylic acids is 1. The van der Waals surface area contributed by atoms with E-state index in [2.05, 4.69) is 26.6 Å². The summed E-state index contributed by atoms with van der Waals surface area (Å²) in [7, 11) is 0. The van der Waals surface area contributed by atoms with Crippen LogP contribution in [0.5, 0.6) is 0 Å². The maximum atomic E-state index is 13.4. The van der Waals surface area contributed by atoms with Crippen molar-refractivity contribution in [2.45, 2.75) is 12.8 Å². The normalized spacial score (nSPS) is 14.8. The number of carboxylic acid groups (broad SMARTS) is 1. The maximum absolute atomic E-state index is 13.4. The molecule has 1 fully saturated rings. The predicted octanol–water partition coefficient (Wildman–Crippen LogP) is -1.10. The molecule has 0 spiro atoms. The molecular weight excluding hydrogens is 394 g/mol. The third kappa shape index (κ3) is 4.88. The molecule has 0 aliphatic heterocycles. The fourth-order valence-corrected chi connectivity index (χ4v) is 2.09. The molecule has 0 unspecified atom stereocenters. The number of hydrogen-bond donors (Lipinski definition) is 2. The van der Waals surface area contributed by atoms with Gasteiger partial charge in [0.2, 0.25) is 0 Å². The van der Waals surface area contributed by atoms with Crippen molar-refractivity contribution in [3.05, 3.63) is 27.4 Å². The van der Waals surface area contributed by atoms with E-state index in [1.165, 1.54) is 6.07 Å². The minimum Gasteiger partial charge on any atom is -0.549 e. The first-order valence-electron chi connectivity index (χ1n) is 5.75. The van der Waals surface area contributed by atoms with Gasteiger partial charge in [-0.2, -0.15) is 0 Å². The van der Waals surface area contributed by atoms with E-state index in [1.54, 1.807) is 0 Å². The Labute approximate surface area is 176 Å². The van der Waals surface area contributed by atoms with Crippen molar-refractivity contribution >= 4 is 45.2 Å². The molecule has 0 saturated heterocycles. The summed E-state index contributed by atoms with van der Waals surface area (Å²) in [6.07, 6.45) is 0.961. The Balaban J connectivity index is 0.00000220. The molecule has 5 nitrogen and oxygen atoms in total. The second-order valence-electron chi connectivity index (χ2n) is 4.63. The first kappa shape index (κ1) is 19.3. The summed E-state index contributed by atoms with van der Waals surface area (Å²) in [5.41, 5.74) is -0.786. The van der Waals surface area contributed by atoms with Crippen LogP contribution in [-0.2, 0) is 4.79 Å². The molecule has 1 aliphatic carbocycles. The Kier molecular flexibility index (Phi) is 7.11. The Morgan fingerprint density at radius 1 is 1.43 bits per heavy atom. The van der Waals surface area contributed by atoms with Crippen LogP contribution in [0.1, 0.15) is 12.8 Å². The zero-order valence-corrected chi connectivity index (χ0v) is 16.6. The van der Waals surface area contributed by atoms with Gasteiger partial charge in [-0.05, 0) is 40.9 Å². The SMILES string of the molecule is O=C(NCC1(C(=O)[O-])CC1)Nc1cc(F)c(Br)c(Cl)c1.[K+]. The summed E-state index contributed by atoms with van der Waals surface area (Å²) >= 11 is 8.71. The van der Waals surface area contributed by atoms with Crippen molar-refractivity contribution < 1.29 is 70.5 Å². The molecule has 108 valence electrons. The van der Waals surface area contributed by atoms with Crippen molar-refractivity contribution in [2.24, 2.45) is 5.41 Å². The van der Waals surface area contributed by atoms with Crippen LogP contribution in [0.2, 0.25) is 5.02 Å². The number of urea groups is 1. The molecule has 1 aromatic rings. The average Bonchev–Trinajstić information content (AvgIpc) is 3.14. The molecule has 21 heavy (non-hydrogen) atoms. The number of halogens is 3. The molecule has 0 radical (unpaired) electrons. The van der Waals surface area contributed by atoms with Gasteiger partial charge in [0.25, 0.3) is 0 Å². The first-order valence-corrected chi connectivity index (χ1v) is 6.92. The number of aliphatic carboxylic acids is 1. The molecule has 2 amide bonds. The van der Waals surface area contributed by atoms with E-state index in [-0.39, 0.29) is 73.1 Å². The fourth-order valence-electron chi connectivity index (χ4n) is 1.66. The van der Waals surface area contributed by atoms with E-state index in [1.807, 2.05) is 0 Å². The fraction of sp³-hybridized carbons (Fsp3) is 0.333. The van der Waals surface area contributed by atoms with Crippen LogP contribution in [0, 0.1) is 11.2 Å². The zero-order valence-electron chi connectivity index (χ0n) is 11.1. The summed E-state index contributed by atoms with van der Waals surface area (Å²) in [6.45, 7) is -0.0199. The van der Waals surface area contributed by atoms with E-state index >= 15 is 0 Å². The second kappa shape index (κ2) is 7.72. The van der Waals surface area contributed by atoms with Crippen molar-refractivity contribution in [1.29, 1.82) is 0 Å². The number of hydrogen-bond acceptors (Lipinski definition) is 3. The van der Waals surface area contributed by atoms with Crippen LogP contribution in [0.4, 0.5) is 14.9 Å². The Morgan fingerprint density at radius 2 is 2.05 bits per heavy atom. The molecule has 0 heterocycles. The average molecular weight is 404 g/mol. The van der Waals surface area contributed by atoms with Gasteiger partial charge in [0.15, 0.2) is 0 Å². The largest absolute Gasteiger partial charge is 1.00 e. The molecule has 0 bridgehead atoms. The van der Waals surface area contributed by atoms with Crippen molar-refractivity contribution in [3.8, 4) is 0 Å². The number of carbonyl (C=O) groups excluding carboxylic acids is 2. The van der Waals surface area contributed by atoms with Crippen molar-refractivity contribution in [3.63, 3.8) is 0 Å². The van der Waals surface area contributed by atoms with Crippen LogP contribution >= 0.6 is 27.5 Å². The zero-order chi connectivity index (χ0) is 14.9. The van der Waals surface area contributed by atoms with Crippen molar-refractivity contribution in [1.82, 2.24) is 5.32 Å². The van der Waals surface area contributed by atoms with Gasteiger partial charge in [-0.1, -0.05) is 11.6 Å². The van der Waals surface area contributed by atoms with Gasteiger partial charge in [0.1, 0.15) is 5.82 Å². The summed E-state index contributed by atoms with van der Waals surface area (Å²) in [4.78, 5) is 22.4. The van der Waals surface area contributed by atoms with Crippen LogP contribution in [0.15, 0.2) is 16.6 Å². The van der Waals surface area contributed by atoms with Crippen LogP contribution < -0.4 is 67.1 Å². The first-order chi connectivity index (χ1) is 9.34. The predicted molar refractivity (Wildman–Crippen MR) is 72.8 cm³/mol. The number of benzene rings is 1. The second-order valence-corrected chi connectivity index (χ2v) is 5.83. The van der Waals surface area contributed by atoms with Gasteiger partial charge >= 0.3 is 57.4 Å². The van der Waals surface area contributed by atoms with Crippen LogP contribution in [0.3, 0.4) is 0 Å². The monoisotopic (exact) mass is 402 g/mol. The molecule has 1 aromatic carbocycles. The molecule has 2 N–H and O–H groups in total. The summed E-state index contributed by atoms with van der Waals surface area (Å²) in [5, 5.41) is 15.7. The Hall–Kier alpha value is 0.296. The van der Waals surface area contributed by atoms with Crippen LogP contribution in [0.25, 0.3) is 0 Å². The smallest absolute Gasteiger partial charge is 0.549 e. The van der Waals surface area contributed by atoms with Gasteiger partial charge in [0, 0.05) is 23.6 Å². The van der Waals surface area contributed by atoms with E-state index in [4.69, 9.17) is 11.6 Å². The number of amides is 2. The number of rotatable bonds is 4. The topological polar surface area (TPSA) is 81.3 Å². The molecular formula is C12H10BrClFKN2O3. The molecule has 2 rings (SSSR count). The van der Waals surface area contributed by atoms with Gasteiger partial charge in [-0.25, -0.2) is 9.18 Å². The summed E-state index contributed by atoms with van der Waals surface area (Å²) in [5.74, 6) is -1.78. The van der Waals surface area contributed by atoms with E-state index in [9.17, 15) is 19.1 Å². The van der Waals surface area contributed by atoms with Gasteiger partial charge in [-0.3, -0.25) is 0 Å². The molecule has 1 saturated carbocycles. The number of nitrogens with one attached hydrogen (secondary N) is 2. The van der Waals surface area contributed by atoms with E-state index in [0.29, 0.717) is 12.8 Å². The number of carbonyl (C=O) groups is 2. The standard InChI is InChI=1S/C12H11BrClFN2O3.K/c13-9-7(14)3-6(4-8(9)15)17-11(20)16-5-12(1-2-12)10(18)19;/h3-4H,1-2,5H2,(H,18,19)(H2,16,17,20);/q;+1/p-1. The van der Waals surface area contributed by atoms with Gasteiger partial charge in [-0.15, -0.1) is 0 Å². The molecule has 9 heteroatoms. The Morgan fingerprint density at radius 3 is 2.52 bits per heavy atom. The van der Waals surface area contributed by atoms with Gasteiger partial charge in [0.05, 0.1) is 9.50 Å². The minimum absolute atomic E-state index is 0. The van der Waals surface area contributed by atoms with Crippen LogP contribution in [-0.4, -0.2) is 18.5 Å². The van der Waals surface area contributed by atoms with E-state index in [0.717, 1.165) is 6.07 Å². The quantitative estimate of drug-likeness (QED) is 0.494. The maximum Gasteiger partial charge on any atom is 1.00 e. The third-order valence-electron chi connectivity index (χ3n) is 3.12. The van der Waals surface area contributed by atoms with E-state index < -0.39 is 23.2 Å². The number of anilines is 1. The Bertz CT molecular complexity index is 561. The molecule has 0 atom stereocenters. The summed E-state index contributed by atoms with van der Waals surface area (Å²) < 4.78 is 13.5.